The minimum absolute atomic E-state index is 0.0410. The van der Waals surface area contributed by atoms with Crippen LogP contribution in [-0.2, 0) is 4.79 Å². The third-order valence-electron chi connectivity index (χ3n) is 3.50. The second-order valence-electron chi connectivity index (χ2n) is 5.03. The maximum absolute atomic E-state index is 11.6. The average molecular weight is 226 g/mol. The van der Waals surface area contributed by atoms with Gasteiger partial charge in [-0.05, 0) is 18.3 Å². The minimum atomic E-state index is -0.781. The Morgan fingerprint density at radius 2 is 2.06 bits per heavy atom. The fourth-order valence-corrected chi connectivity index (χ4v) is 2.13. The number of amides is 2. The number of carbonyl (C=O) groups is 2. The first kappa shape index (κ1) is 11.2. The summed E-state index contributed by atoms with van der Waals surface area (Å²) >= 11 is 0. The van der Waals surface area contributed by atoms with Crippen LogP contribution in [0, 0.1) is 17.8 Å². The van der Waals surface area contributed by atoms with Gasteiger partial charge in [0.05, 0.1) is 6.42 Å². The first-order valence-electron chi connectivity index (χ1n) is 5.81. The first-order valence-corrected chi connectivity index (χ1v) is 5.81. The number of urea groups is 1. The van der Waals surface area contributed by atoms with Gasteiger partial charge in [-0.15, -0.1) is 0 Å². The first-order chi connectivity index (χ1) is 7.56. The molecule has 0 aromatic carbocycles. The Hall–Kier alpha value is -1.26. The summed E-state index contributed by atoms with van der Waals surface area (Å²) in [4.78, 5) is 23.7. The number of nitrogens with zero attached hydrogens (tertiary/aromatic N) is 1. The maximum Gasteiger partial charge on any atom is 0.317 e. The largest absolute Gasteiger partial charge is 0.481 e. The Kier molecular flexibility index (Phi) is 3.03. The molecule has 2 unspecified atom stereocenters. The van der Waals surface area contributed by atoms with E-state index < -0.39 is 5.97 Å². The smallest absolute Gasteiger partial charge is 0.317 e. The van der Waals surface area contributed by atoms with Gasteiger partial charge >= 0.3 is 12.0 Å². The Labute approximate surface area is 94.8 Å². The number of hydrogen-bond donors (Lipinski definition) is 2. The summed E-state index contributed by atoms with van der Waals surface area (Å²) in [5.41, 5.74) is 0. The summed E-state index contributed by atoms with van der Waals surface area (Å²) in [6.45, 7) is 4.11. The van der Waals surface area contributed by atoms with E-state index in [4.69, 9.17) is 5.11 Å². The van der Waals surface area contributed by atoms with Gasteiger partial charge in [0.2, 0.25) is 0 Å². The second kappa shape index (κ2) is 4.31. The van der Waals surface area contributed by atoms with E-state index in [2.05, 4.69) is 12.2 Å². The highest BCUT2D eigenvalue weighted by molar-refractivity contribution is 5.75. The van der Waals surface area contributed by atoms with E-state index in [1.807, 2.05) is 0 Å². The number of carbonyl (C=O) groups excluding carboxylic acids is 1. The van der Waals surface area contributed by atoms with Crippen molar-refractivity contribution in [1.82, 2.24) is 10.2 Å². The van der Waals surface area contributed by atoms with E-state index in [0.29, 0.717) is 19.0 Å². The summed E-state index contributed by atoms with van der Waals surface area (Å²) in [7, 11) is 0. The summed E-state index contributed by atoms with van der Waals surface area (Å²) in [5, 5.41) is 11.5. The molecule has 1 saturated heterocycles. The standard InChI is InChI=1S/C11H18N2O3/c1-7-2-9(7)4-12-11(16)13-5-8(6-13)3-10(14)15/h7-9H,2-6H2,1H3,(H,12,16)(H,14,15). The van der Waals surface area contributed by atoms with Crippen molar-refractivity contribution in [3.63, 3.8) is 0 Å². The Balaban J connectivity index is 1.59. The number of hydrogen-bond acceptors (Lipinski definition) is 2. The van der Waals surface area contributed by atoms with Crippen molar-refractivity contribution in [1.29, 1.82) is 0 Å². The molecule has 1 aliphatic heterocycles. The van der Waals surface area contributed by atoms with Crippen LogP contribution in [0.1, 0.15) is 19.8 Å². The molecule has 0 aromatic rings. The van der Waals surface area contributed by atoms with Gasteiger partial charge in [0, 0.05) is 25.6 Å². The lowest BCUT2D eigenvalue weighted by Crippen LogP contribution is -2.54. The maximum atomic E-state index is 11.6. The van der Waals surface area contributed by atoms with Crippen molar-refractivity contribution in [3.8, 4) is 0 Å². The SMILES string of the molecule is CC1CC1CNC(=O)N1CC(CC(=O)O)C1. The molecule has 0 aromatic heterocycles. The molecule has 90 valence electrons. The number of nitrogens with one attached hydrogen (secondary N) is 1. The molecule has 0 radical (unpaired) electrons. The quantitative estimate of drug-likeness (QED) is 0.743. The van der Waals surface area contributed by atoms with E-state index in [9.17, 15) is 9.59 Å². The number of carboxylic acids is 1. The molecule has 2 N–H and O–H groups in total. The van der Waals surface area contributed by atoms with Crippen LogP contribution in [0.2, 0.25) is 0 Å². The zero-order chi connectivity index (χ0) is 11.7. The number of aliphatic carboxylic acids is 1. The van der Waals surface area contributed by atoms with Gasteiger partial charge < -0.3 is 15.3 Å². The molecule has 2 fully saturated rings. The number of carboxylic acid groups (broad SMARTS) is 1. The second-order valence-corrected chi connectivity index (χ2v) is 5.03. The minimum Gasteiger partial charge on any atom is -0.481 e. The third-order valence-corrected chi connectivity index (χ3v) is 3.50. The zero-order valence-electron chi connectivity index (χ0n) is 9.48. The average Bonchev–Trinajstić information content (AvgIpc) is 2.83. The number of rotatable bonds is 4. The predicted octanol–water partition coefficient (Wildman–Crippen LogP) is 0.759. The van der Waals surface area contributed by atoms with Crippen LogP contribution in [0.5, 0.6) is 0 Å². The van der Waals surface area contributed by atoms with Crippen molar-refractivity contribution >= 4 is 12.0 Å². The highest BCUT2D eigenvalue weighted by atomic mass is 16.4. The lowest BCUT2D eigenvalue weighted by atomic mass is 9.97. The monoisotopic (exact) mass is 226 g/mol. The molecule has 2 atom stereocenters. The normalized spacial score (nSPS) is 28.4. The molecule has 2 amide bonds. The van der Waals surface area contributed by atoms with Crippen molar-refractivity contribution in [2.45, 2.75) is 19.8 Å². The van der Waals surface area contributed by atoms with Crippen LogP contribution in [-0.4, -0.2) is 41.6 Å². The molecule has 16 heavy (non-hydrogen) atoms. The lowest BCUT2D eigenvalue weighted by molar-refractivity contribution is -0.139. The summed E-state index contributed by atoms with van der Waals surface area (Å²) in [6.07, 6.45) is 1.38. The van der Waals surface area contributed by atoms with Crippen molar-refractivity contribution in [3.05, 3.63) is 0 Å². The van der Waals surface area contributed by atoms with Gasteiger partial charge in [0.15, 0.2) is 0 Å². The molecule has 0 bridgehead atoms. The molecule has 2 rings (SSSR count). The van der Waals surface area contributed by atoms with Crippen LogP contribution in [0.3, 0.4) is 0 Å². The van der Waals surface area contributed by atoms with Gasteiger partial charge in [-0.1, -0.05) is 6.92 Å². The van der Waals surface area contributed by atoms with Gasteiger partial charge in [0.25, 0.3) is 0 Å². The van der Waals surface area contributed by atoms with Crippen molar-refractivity contribution in [2.75, 3.05) is 19.6 Å². The zero-order valence-corrected chi connectivity index (χ0v) is 9.48. The summed E-state index contributed by atoms with van der Waals surface area (Å²) in [5.74, 6) is 0.761. The Morgan fingerprint density at radius 1 is 1.44 bits per heavy atom. The van der Waals surface area contributed by atoms with Crippen molar-refractivity contribution < 1.29 is 14.7 Å². The predicted molar refractivity (Wildman–Crippen MR) is 58.0 cm³/mol. The van der Waals surface area contributed by atoms with Gasteiger partial charge in [-0.3, -0.25) is 4.79 Å². The summed E-state index contributed by atoms with van der Waals surface area (Å²) < 4.78 is 0. The molecule has 1 saturated carbocycles. The molecule has 1 aliphatic carbocycles. The molecular formula is C11H18N2O3. The fourth-order valence-electron chi connectivity index (χ4n) is 2.13. The molecule has 0 spiro atoms. The molecule has 1 heterocycles. The summed E-state index contributed by atoms with van der Waals surface area (Å²) in [6, 6.07) is -0.0410. The van der Waals surface area contributed by atoms with E-state index in [1.165, 1.54) is 6.42 Å². The highest BCUT2D eigenvalue weighted by Crippen LogP contribution is 2.36. The molecule has 2 aliphatic rings. The van der Waals surface area contributed by atoms with E-state index in [-0.39, 0.29) is 18.4 Å². The van der Waals surface area contributed by atoms with Crippen molar-refractivity contribution in [2.24, 2.45) is 17.8 Å². The molecular weight excluding hydrogens is 208 g/mol. The van der Waals surface area contributed by atoms with E-state index in [0.717, 1.165) is 12.5 Å². The third kappa shape index (κ3) is 2.65. The topological polar surface area (TPSA) is 69.6 Å². The van der Waals surface area contributed by atoms with Crippen LogP contribution >= 0.6 is 0 Å². The Bertz CT molecular complexity index is 300. The van der Waals surface area contributed by atoms with E-state index >= 15 is 0 Å². The Morgan fingerprint density at radius 3 is 2.56 bits per heavy atom. The fraction of sp³-hybridized carbons (Fsp3) is 0.818. The van der Waals surface area contributed by atoms with Gasteiger partial charge in [0.1, 0.15) is 0 Å². The van der Waals surface area contributed by atoms with Gasteiger partial charge in [-0.25, -0.2) is 4.79 Å². The highest BCUT2D eigenvalue weighted by Gasteiger charge is 2.35. The van der Waals surface area contributed by atoms with Crippen LogP contribution < -0.4 is 5.32 Å². The van der Waals surface area contributed by atoms with E-state index in [1.54, 1.807) is 4.90 Å². The van der Waals surface area contributed by atoms with Crippen LogP contribution in [0.15, 0.2) is 0 Å². The number of likely N-dealkylation sites (tertiary alicyclic amines) is 1. The van der Waals surface area contributed by atoms with Gasteiger partial charge in [-0.2, -0.15) is 0 Å². The molecule has 5 heteroatoms. The van der Waals surface area contributed by atoms with Crippen LogP contribution in [0.25, 0.3) is 0 Å². The lowest BCUT2D eigenvalue weighted by Gasteiger charge is -2.38. The van der Waals surface area contributed by atoms with Crippen LogP contribution in [0.4, 0.5) is 4.79 Å². The molecule has 5 nitrogen and oxygen atoms in total.